The van der Waals surface area contributed by atoms with Crippen LogP contribution in [0.2, 0.25) is 0 Å². The number of carbonyl (C=O) groups is 1. The van der Waals surface area contributed by atoms with Crippen LogP contribution in [0.4, 0.5) is 0 Å². The highest BCUT2D eigenvalue weighted by atomic mass is 35.5. The second-order valence-electron chi connectivity index (χ2n) is 7.31. The van der Waals surface area contributed by atoms with Crippen LogP contribution in [0.3, 0.4) is 0 Å². The molecule has 1 fully saturated rings. The molecule has 2 aromatic rings. The maximum atomic E-state index is 12.6. The van der Waals surface area contributed by atoms with Crippen molar-refractivity contribution in [2.24, 2.45) is 0 Å². The summed E-state index contributed by atoms with van der Waals surface area (Å²) in [6.07, 6.45) is 3.23. The highest BCUT2D eigenvalue weighted by Crippen LogP contribution is 2.28. The quantitative estimate of drug-likeness (QED) is 0.825. The lowest BCUT2D eigenvalue weighted by Gasteiger charge is -2.32. The van der Waals surface area contributed by atoms with Crippen LogP contribution in [0.15, 0.2) is 24.3 Å². The molecule has 0 unspecified atom stereocenters. The van der Waals surface area contributed by atoms with Crippen LogP contribution in [0.5, 0.6) is 5.75 Å². The second kappa shape index (κ2) is 9.39. The Labute approximate surface area is 171 Å². The monoisotopic (exact) mass is 405 g/mol. The number of nitrogens with one attached hydrogen (secondary N) is 1. The van der Waals surface area contributed by atoms with Crippen LogP contribution in [-0.2, 0) is 24.3 Å². The molecule has 152 valence electrons. The molecule has 3 heterocycles. The fraction of sp³-hybridized carbons (Fsp3) is 0.550. The third kappa shape index (κ3) is 4.47. The van der Waals surface area contributed by atoms with Crippen molar-refractivity contribution in [1.29, 1.82) is 0 Å². The molecule has 2 aliphatic rings. The maximum Gasteiger partial charge on any atom is 0.222 e. The van der Waals surface area contributed by atoms with Crippen molar-refractivity contribution >= 4 is 18.3 Å². The lowest BCUT2D eigenvalue weighted by molar-refractivity contribution is -0.132. The average Bonchev–Trinajstić information content (AvgIpc) is 3.16. The van der Waals surface area contributed by atoms with Gasteiger partial charge in [-0.05, 0) is 37.0 Å². The molecule has 0 bridgehead atoms. The van der Waals surface area contributed by atoms with Gasteiger partial charge in [0.25, 0.3) is 0 Å². The van der Waals surface area contributed by atoms with Crippen molar-refractivity contribution in [2.75, 3.05) is 26.7 Å². The van der Waals surface area contributed by atoms with Crippen LogP contribution in [0.25, 0.3) is 0 Å². The van der Waals surface area contributed by atoms with Gasteiger partial charge in [-0.1, -0.05) is 12.1 Å². The van der Waals surface area contributed by atoms with Gasteiger partial charge in [-0.15, -0.1) is 22.6 Å². The Kier molecular flexibility index (Phi) is 6.91. The molecule has 0 radical (unpaired) electrons. The highest BCUT2D eigenvalue weighted by molar-refractivity contribution is 5.85. The molecule has 1 N–H and O–H groups in total. The summed E-state index contributed by atoms with van der Waals surface area (Å²) in [7, 11) is 1.66. The van der Waals surface area contributed by atoms with E-state index in [1.807, 2.05) is 29.2 Å². The van der Waals surface area contributed by atoms with Gasteiger partial charge in [-0.2, -0.15) is 0 Å². The van der Waals surface area contributed by atoms with Crippen LogP contribution in [-0.4, -0.2) is 52.3 Å². The SMILES string of the molecule is COc1cccc(CCC(=O)N2CCC(c3nnc4n3CCNC4)CC2)c1.Cl. The molecule has 0 atom stereocenters. The number of halogens is 1. The fourth-order valence-electron chi connectivity index (χ4n) is 4.04. The maximum absolute atomic E-state index is 12.6. The van der Waals surface area contributed by atoms with Gasteiger partial charge in [0, 0.05) is 38.5 Å². The van der Waals surface area contributed by atoms with Crippen molar-refractivity contribution in [3.63, 3.8) is 0 Å². The molecular weight excluding hydrogens is 378 g/mol. The molecule has 1 aromatic carbocycles. The van der Waals surface area contributed by atoms with E-state index in [9.17, 15) is 4.79 Å². The summed E-state index contributed by atoms with van der Waals surface area (Å²) < 4.78 is 7.52. The number of aromatic nitrogens is 3. The molecule has 4 rings (SSSR count). The van der Waals surface area contributed by atoms with Crippen LogP contribution in [0, 0.1) is 0 Å². The van der Waals surface area contributed by atoms with Gasteiger partial charge in [0.2, 0.25) is 5.91 Å². The van der Waals surface area contributed by atoms with Crippen molar-refractivity contribution in [3.8, 4) is 5.75 Å². The van der Waals surface area contributed by atoms with Gasteiger partial charge in [-0.25, -0.2) is 0 Å². The normalized spacial score (nSPS) is 17.0. The van der Waals surface area contributed by atoms with Gasteiger partial charge >= 0.3 is 0 Å². The van der Waals surface area contributed by atoms with E-state index in [0.29, 0.717) is 12.3 Å². The average molecular weight is 406 g/mol. The molecule has 7 nitrogen and oxygen atoms in total. The first-order chi connectivity index (χ1) is 13.2. The fourth-order valence-corrected chi connectivity index (χ4v) is 4.04. The van der Waals surface area contributed by atoms with E-state index in [2.05, 4.69) is 20.1 Å². The van der Waals surface area contributed by atoms with Crippen LogP contribution >= 0.6 is 12.4 Å². The predicted octanol–water partition coefficient (Wildman–Crippen LogP) is 2.15. The Morgan fingerprint density at radius 1 is 1.25 bits per heavy atom. The lowest BCUT2D eigenvalue weighted by atomic mass is 9.95. The smallest absolute Gasteiger partial charge is 0.222 e. The molecule has 0 spiro atoms. The number of aryl methyl sites for hydroxylation is 1. The molecular formula is C20H28ClN5O2. The first-order valence-corrected chi connectivity index (χ1v) is 9.78. The summed E-state index contributed by atoms with van der Waals surface area (Å²) in [6, 6.07) is 7.95. The largest absolute Gasteiger partial charge is 0.497 e. The first kappa shape index (κ1) is 20.6. The third-order valence-corrected chi connectivity index (χ3v) is 5.63. The van der Waals surface area contributed by atoms with Gasteiger partial charge in [0.15, 0.2) is 0 Å². The highest BCUT2D eigenvalue weighted by Gasteiger charge is 2.28. The van der Waals surface area contributed by atoms with Crippen molar-refractivity contribution < 1.29 is 9.53 Å². The van der Waals surface area contributed by atoms with E-state index in [1.165, 1.54) is 0 Å². The van der Waals surface area contributed by atoms with E-state index in [0.717, 1.165) is 74.9 Å². The van der Waals surface area contributed by atoms with E-state index < -0.39 is 0 Å². The summed E-state index contributed by atoms with van der Waals surface area (Å²) in [4.78, 5) is 14.6. The Morgan fingerprint density at radius 2 is 2.07 bits per heavy atom. The van der Waals surface area contributed by atoms with E-state index in [-0.39, 0.29) is 18.3 Å². The Morgan fingerprint density at radius 3 is 2.86 bits per heavy atom. The van der Waals surface area contributed by atoms with Gasteiger partial charge < -0.3 is 19.5 Å². The topological polar surface area (TPSA) is 72.3 Å². The van der Waals surface area contributed by atoms with Gasteiger partial charge in [0.1, 0.15) is 17.4 Å². The zero-order valence-corrected chi connectivity index (χ0v) is 17.1. The Balaban J connectivity index is 0.00000225. The summed E-state index contributed by atoms with van der Waals surface area (Å²) in [5, 5.41) is 12.1. The molecule has 1 amide bonds. The number of piperidine rings is 1. The zero-order valence-electron chi connectivity index (χ0n) is 16.3. The molecule has 2 aliphatic heterocycles. The molecule has 28 heavy (non-hydrogen) atoms. The number of ether oxygens (including phenoxy) is 1. The summed E-state index contributed by atoms with van der Waals surface area (Å²) in [5.74, 6) is 3.63. The second-order valence-corrected chi connectivity index (χ2v) is 7.31. The van der Waals surface area contributed by atoms with Crippen molar-refractivity contribution in [1.82, 2.24) is 25.0 Å². The number of nitrogens with zero attached hydrogens (tertiary/aromatic N) is 4. The Bertz CT molecular complexity index is 802. The molecule has 0 saturated carbocycles. The molecule has 0 aliphatic carbocycles. The van der Waals surface area contributed by atoms with Gasteiger partial charge in [-0.3, -0.25) is 4.79 Å². The number of amides is 1. The number of methoxy groups -OCH3 is 1. The molecule has 1 saturated heterocycles. The minimum absolute atomic E-state index is 0. The number of hydrogen-bond donors (Lipinski definition) is 1. The van der Waals surface area contributed by atoms with Gasteiger partial charge in [0.05, 0.1) is 13.7 Å². The van der Waals surface area contributed by atoms with E-state index in [1.54, 1.807) is 7.11 Å². The number of rotatable bonds is 5. The van der Waals surface area contributed by atoms with Crippen LogP contribution < -0.4 is 10.1 Å². The van der Waals surface area contributed by atoms with E-state index in [4.69, 9.17) is 4.74 Å². The number of hydrogen-bond acceptors (Lipinski definition) is 5. The van der Waals surface area contributed by atoms with Crippen molar-refractivity contribution in [2.45, 2.75) is 44.7 Å². The first-order valence-electron chi connectivity index (χ1n) is 9.78. The van der Waals surface area contributed by atoms with Crippen molar-refractivity contribution in [3.05, 3.63) is 41.5 Å². The predicted molar refractivity (Wildman–Crippen MR) is 109 cm³/mol. The standard InChI is InChI=1S/C20H27N5O2.ClH/c1-27-17-4-2-3-15(13-17)5-6-19(26)24-10-7-16(8-11-24)20-23-22-18-14-21-9-12-25(18)20;/h2-4,13,16,21H,5-12,14H2,1H3;1H. The Hall–Kier alpha value is -2.12. The van der Waals surface area contributed by atoms with E-state index >= 15 is 0 Å². The molecule has 8 heteroatoms. The molecule has 1 aromatic heterocycles. The minimum Gasteiger partial charge on any atom is -0.497 e. The summed E-state index contributed by atoms with van der Waals surface area (Å²) in [5.41, 5.74) is 1.14. The number of likely N-dealkylation sites (tertiary alicyclic amines) is 1. The lowest BCUT2D eigenvalue weighted by Crippen LogP contribution is -2.39. The summed E-state index contributed by atoms with van der Waals surface area (Å²) in [6.45, 7) is 4.33. The number of fused-ring (bicyclic) bond motifs is 1. The summed E-state index contributed by atoms with van der Waals surface area (Å²) >= 11 is 0. The zero-order chi connectivity index (χ0) is 18.6. The third-order valence-electron chi connectivity index (χ3n) is 5.63. The number of carbonyl (C=O) groups excluding carboxylic acids is 1. The number of benzene rings is 1. The van der Waals surface area contributed by atoms with Crippen LogP contribution in [0.1, 0.15) is 42.4 Å². The minimum atomic E-state index is 0.